The largest absolute Gasteiger partial charge is 0.455 e. The first kappa shape index (κ1) is 33.6. The minimum atomic E-state index is 0.862. The van der Waals surface area contributed by atoms with Crippen LogP contribution in [0.2, 0.25) is 0 Å². The first-order chi connectivity index (χ1) is 28.7. The van der Waals surface area contributed by atoms with Gasteiger partial charge in [0.1, 0.15) is 11.2 Å². The highest BCUT2D eigenvalue weighted by molar-refractivity contribution is 6.17. The number of hydrogen-bond acceptors (Lipinski definition) is 2. The zero-order chi connectivity index (χ0) is 38.4. The van der Waals surface area contributed by atoms with Gasteiger partial charge in [0.05, 0.1) is 16.8 Å². The number of rotatable bonds is 7. The highest BCUT2D eigenvalue weighted by Crippen LogP contribution is 2.49. The zero-order valence-corrected chi connectivity index (χ0v) is 31.7. The van der Waals surface area contributed by atoms with Crippen molar-refractivity contribution in [1.82, 2.24) is 0 Å². The monoisotopic (exact) mass is 739 g/mol. The van der Waals surface area contributed by atoms with Gasteiger partial charge in [-0.05, 0) is 110 Å². The van der Waals surface area contributed by atoms with Gasteiger partial charge in [-0.25, -0.2) is 0 Å². The standard InChI is InChI=1S/C56H37NO/c1-2-14-38(15-3-1)43-20-12-21-44(34-43)45-22-13-23-48(37-45)57(52-26-10-8-24-49(52)46-30-28-39-16-4-6-18-41(39)35-46)53-33-32-50(47-31-29-40-17-5-7-19-42(40)36-47)56-55(53)51-25-9-11-27-54(51)58-56/h1-37H. The molecule has 0 N–H and O–H groups in total. The number of fused-ring (bicyclic) bond motifs is 5. The van der Waals surface area contributed by atoms with E-state index < -0.39 is 0 Å². The Morgan fingerprint density at radius 2 is 0.879 bits per heavy atom. The van der Waals surface area contributed by atoms with Crippen molar-refractivity contribution in [2.75, 3.05) is 4.90 Å². The third-order valence-corrected chi connectivity index (χ3v) is 11.4. The lowest BCUT2D eigenvalue weighted by atomic mass is 9.95. The number of benzene rings is 10. The number of nitrogens with zero attached hydrogens (tertiary/aromatic N) is 1. The molecule has 0 bridgehead atoms. The average molecular weight is 740 g/mol. The Bertz CT molecular complexity index is 3300. The van der Waals surface area contributed by atoms with Crippen LogP contribution in [0, 0.1) is 0 Å². The van der Waals surface area contributed by atoms with Crippen molar-refractivity contribution in [3.63, 3.8) is 0 Å². The Morgan fingerprint density at radius 3 is 1.64 bits per heavy atom. The molecule has 0 saturated heterocycles. The summed E-state index contributed by atoms with van der Waals surface area (Å²) in [6.45, 7) is 0. The van der Waals surface area contributed by atoms with Crippen LogP contribution in [-0.4, -0.2) is 0 Å². The van der Waals surface area contributed by atoms with E-state index in [4.69, 9.17) is 4.42 Å². The van der Waals surface area contributed by atoms with Gasteiger partial charge in [0.15, 0.2) is 0 Å². The summed E-state index contributed by atoms with van der Waals surface area (Å²) in [6.07, 6.45) is 0. The smallest absolute Gasteiger partial charge is 0.145 e. The Balaban J connectivity index is 1.16. The number of para-hydroxylation sites is 2. The van der Waals surface area contributed by atoms with Gasteiger partial charge in [-0.2, -0.15) is 0 Å². The van der Waals surface area contributed by atoms with Crippen LogP contribution in [0.25, 0.3) is 88.0 Å². The molecule has 10 aromatic carbocycles. The Morgan fingerprint density at radius 1 is 0.310 bits per heavy atom. The first-order valence-corrected chi connectivity index (χ1v) is 19.8. The van der Waals surface area contributed by atoms with Crippen LogP contribution >= 0.6 is 0 Å². The maximum atomic E-state index is 6.90. The molecule has 0 fully saturated rings. The van der Waals surface area contributed by atoms with Crippen molar-refractivity contribution in [3.8, 4) is 44.5 Å². The average Bonchev–Trinajstić information content (AvgIpc) is 3.70. The lowest BCUT2D eigenvalue weighted by Crippen LogP contribution is -2.12. The van der Waals surface area contributed by atoms with E-state index in [1.807, 2.05) is 0 Å². The van der Waals surface area contributed by atoms with Crippen LogP contribution in [-0.2, 0) is 0 Å². The van der Waals surface area contributed by atoms with Crippen molar-refractivity contribution in [2.45, 2.75) is 0 Å². The first-order valence-electron chi connectivity index (χ1n) is 19.8. The third-order valence-electron chi connectivity index (χ3n) is 11.4. The van der Waals surface area contributed by atoms with Gasteiger partial charge in [-0.1, -0.05) is 170 Å². The summed E-state index contributed by atoms with van der Waals surface area (Å²) >= 11 is 0. The lowest BCUT2D eigenvalue weighted by molar-refractivity contribution is 0.670. The molecule has 0 atom stereocenters. The minimum Gasteiger partial charge on any atom is -0.455 e. The van der Waals surface area contributed by atoms with Crippen LogP contribution < -0.4 is 4.90 Å². The fraction of sp³-hybridized carbons (Fsp3) is 0. The second-order valence-corrected chi connectivity index (χ2v) is 14.9. The molecule has 0 amide bonds. The maximum absolute atomic E-state index is 6.90. The van der Waals surface area contributed by atoms with Crippen molar-refractivity contribution in [2.24, 2.45) is 0 Å². The summed E-state index contributed by atoms with van der Waals surface area (Å²) < 4.78 is 6.90. The summed E-state index contributed by atoms with van der Waals surface area (Å²) in [5, 5.41) is 7.01. The highest BCUT2D eigenvalue weighted by Gasteiger charge is 2.24. The van der Waals surface area contributed by atoms with Gasteiger partial charge in [0.25, 0.3) is 0 Å². The quantitative estimate of drug-likeness (QED) is 0.162. The molecule has 2 heteroatoms. The van der Waals surface area contributed by atoms with Crippen molar-refractivity contribution in [1.29, 1.82) is 0 Å². The molecule has 0 aliphatic heterocycles. The van der Waals surface area contributed by atoms with E-state index in [-0.39, 0.29) is 0 Å². The summed E-state index contributed by atoms with van der Waals surface area (Å²) in [5.41, 5.74) is 14.1. The summed E-state index contributed by atoms with van der Waals surface area (Å²) in [7, 11) is 0. The molecule has 0 unspecified atom stereocenters. The van der Waals surface area contributed by atoms with Gasteiger partial charge in [-0.15, -0.1) is 0 Å². The van der Waals surface area contributed by atoms with E-state index in [1.54, 1.807) is 0 Å². The number of anilines is 3. The SMILES string of the molecule is c1ccc(-c2cccc(-c3cccc(N(c4ccccc4-c4ccc5ccccc5c4)c4ccc(-c5ccc6ccccc6c5)c5oc6ccccc6c45)c3)c2)cc1. The molecule has 2 nitrogen and oxygen atoms in total. The molecule has 1 heterocycles. The summed E-state index contributed by atoms with van der Waals surface area (Å²) in [4.78, 5) is 2.43. The molecule has 1 aromatic heterocycles. The molecule has 0 spiro atoms. The minimum absolute atomic E-state index is 0.862. The third kappa shape index (κ3) is 5.91. The fourth-order valence-corrected chi connectivity index (χ4v) is 8.59. The van der Waals surface area contributed by atoms with E-state index in [1.165, 1.54) is 32.7 Å². The molecule has 58 heavy (non-hydrogen) atoms. The van der Waals surface area contributed by atoms with Gasteiger partial charge >= 0.3 is 0 Å². The molecule has 11 aromatic rings. The molecule has 11 rings (SSSR count). The lowest BCUT2D eigenvalue weighted by Gasteiger charge is -2.29. The molecule has 0 radical (unpaired) electrons. The Hall–Kier alpha value is -7.68. The second-order valence-electron chi connectivity index (χ2n) is 14.9. The predicted molar refractivity (Wildman–Crippen MR) is 245 cm³/mol. The molecule has 0 aliphatic rings. The van der Waals surface area contributed by atoms with Crippen LogP contribution in [0.3, 0.4) is 0 Å². The highest BCUT2D eigenvalue weighted by atomic mass is 16.3. The van der Waals surface area contributed by atoms with E-state index >= 15 is 0 Å². The normalized spacial score (nSPS) is 11.4. The summed E-state index contributed by atoms with van der Waals surface area (Å²) in [5.74, 6) is 0. The van der Waals surface area contributed by atoms with Crippen molar-refractivity contribution in [3.05, 3.63) is 224 Å². The topological polar surface area (TPSA) is 16.4 Å². The molecule has 0 aliphatic carbocycles. The maximum Gasteiger partial charge on any atom is 0.145 e. The van der Waals surface area contributed by atoms with E-state index in [0.29, 0.717) is 0 Å². The summed E-state index contributed by atoms with van der Waals surface area (Å²) in [6, 6.07) is 80.7. The van der Waals surface area contributed by atoms with Gasteiger partial charge < -0.3 is 9.32 Å². The van der Waals surface area contributed by atoms with Crippen molar-refractivity contribution >= 4 is 60.5 Å². The fourth-order valence-electron chi connectivity index (χ4n) is 8.59. The van der Waals surface area contributed by atoms with Crippen LogP contribution in [0.15, 0.2) is 229 Å². The number of furan rings is 1. The predicted octanol–water partition coefficient (Wildman–Crippen LogP) is 16.0. The number of hydrogen-bond donors (Lipinski definition) is 0. The Kier molecular flexibility index (Phi) is 8.19. The zero-order valence-electron chi connectivity index (χ0n) is 31.7. The van der Waals surface area contributed by atoms with Gasteiger partial charge in [0.2, 0.25) is 0 Å². The van der Waals surface area contributed by atoms with Gasteiger partial charge in [0, 0.05) is 22.2 Å². The second kappa shape index (κ2) is 14.1. The molecule has 0 saturated carbocycles. The van der Waals surface area contributed by atoms with E-state index in [2.05, 4.69) is 229 Å². The molecule has 272 valence electrons. The molecular weight excluding hydrogens is 703 g/mol. The van der Waals surface area contributed by atoms with E-state index in [9.17, 15) is 0 Å². The van der Waals surface area contributed by atoms with Crippen LogP contribution in [0.1, 0.15) is 0 Å². The van der Waals surface area contributed by atoms with Crippen LogP contribution in [0.4, 0.5) is 17.1 Å². The van der Waals surface area contributed by atoms with Gasteiger partial charge in [-0.3, -0.25) is 0 Å². The molecular formula is C56H37NO. The van der Waals surface area contributed by atoms with Crippen molar-refractivity contribution < 1.29 is 4.42 Å². The Labute approximate surface area is 337 Å². The van der Waals surface area contributed by atoms with E-state index in [0.717, 1.165) is 72.4 Å². The van der Waals surface area contributed by atoms with Crippen LogP contribution in [0.5, 0.6) is 0 Å².